The zero-order chi connectivity index (χ0) is 21.5. The van der Waals surface area contributed by atoms with Crippen molar-refractivity contribution in [2.24, 2.45) is 0 Å². The van der Waals surface area contributed by atoms with Gasteiger partial charge >= 0.3 is 11.9 Å². The number of carbonyl (C=O) groups is 2. The van der Waals surface area contributed by atoms with Gasteiger partial charge in [-0.3, -0.25) is 4.79 Å². The molecule has 0 aromatic carbocycles. The van der Waals surface area contributed by atoms with Gasteiger partial charge in [0.25, 0.3) is 0 Å². The maximum Gasteiger partial charge on any atom is 0.334 e. The molecular formula is C21H36N2O5S. The first kappa shape index (κ1) is 25.5. The average Bonchev–Trinajstić information content (AvgIpc) is 3.14. The molecule has 8 heteroatoms. The van der Waals surface area contributed by atoms with E-state index in [-0.39, 0.29) is 12.2 Å². The molecule has 0 aliphatic heterocycles. The first-order chi connectivity index (χ1) is 14.0. The summed E-state index contributed by atoms with van der Waals surface area (Å²) in [6, 6.07) is 0. The van der Waals surface area contributed by atoms with Gasteiger partial charge in [0.15, 0.2) is 6.10 Å². The number of aryl methyl sites for hydroxylation is 1. The number of carboxylic acids is 2. The summed E-state index contributed by atoms with van der Waals surface area (Å²) in [6.07, 6.45) is 14.1. The fraction of sp³-hybridized carbons (Fsp3) is 0.762. The van der Waals surface area contributed by atoms with Crippen molar-refractivity contribution in [3.63, 3.8) is 0 Å². The van der Waals surface area contributed by atoms with Crippen LogP contribution in [-0.4, -0.2) is 48.7 Å². The number of aliphatic hydroxyl groups is 1. The van der Waals surface area contributed by atoms with Crippen LogP contribution in [0.1, 0.15) is 88.6 Å². The van der Waals surface area contributed by atoms with Gasteiger partial charge in [0.05, 0.1) is 11.7 Å². The molecule has 0 bridgehead atoms. The van der Waals surface area contributed by atoms with Gasteiger partial charge in [-0.05, 0) is 6.42 Å². The van der Waals surface area contributed by atoms with Gasteiger partial charge in [0.1, 0.15) is 5.82 Å². The number of hydrogen-bond donors (Lipinski definition) is 3. The third-order valence-electron chi connectivity index (χ3n) is 4.91. The van der Waals surface area contributed by atoms with Gasteiger partial charge in [-0.25, -0.2) is 9.78 Å². The van der Waals surface area contributed by atoms with E-state index >= 15 is 0 Å². The number of rotatable bonds is 18. The molecule has 0 spiro atoms. The summed E-state index contributed by atoms with van der Waals surface area (Å²) in [6.45, 7) is 2.94. The highest BCUT2D eigenvalue weighted by molar-refractivity contribution is 7.99. The highest BCUT2D eigenvalue weighted by Crippen LogP contribution is 2.32. The van der Waals surface area contributed by atoms with Crippen LogP contribution in [0.25, 0.3) is 0 Å². The highest BCUT2D eigenvalue weighted by atomic mass is 32.2. The minimum atomic E-state index is -1.62. The van der Waals surface area contributed by atoms with Gasteiger partial charge in [-0.1, -0.05) is 64.7 Å². The molecule has 1 aromatic heterocycles. The molecule has 0 fully saturated rings. The molecule has 7 nitrogen and oxygen atoms in total. The molecule has 29 heavy (non-hydrogen) atoms. The average molecular weight is 429 g/mol. The van der Waals surface area contributed by atoms with E-state index in [1.807, 2.05) is 4.57 Å². The Balaban J connectivity index is 2.42. The second kappa shape index (κ2) is 15.3. The maximum absolute atomic E-state index is 11.3. The van der Waals surface area contributed by atoms with E-state index in [2.05, 4.69) is 11.9 Å². The van der Waals surface area contributed by atoms with Crippen molar-refractivity contribution in [1.29, 1.82) is 0 Å². The van der Waals surface area contributed by atoms with Crippen LogP contribution in [0, 0.1) is 0 Å². The van der Waals surface area contributed by atoms with E-state index in [4.69, 9.17) is 5.11 Å². The van der Waals surface area contributed by atoms with E-state index in [0.29, 0.717) is 12.4 Å². The SMILES string of the molecule is CCCCCCCCCCCCn1ccnc1C(SCCC(=O)O)C(O)C(=O)O. The molecule has 0 saturated heterocycles. The summed E-state index contributed by atoms with van der Waals surface area (Å²) < 4.78 is 1.88. The Kier molecular flexibility index (Phi) is 13.5. The van der Waals surface area contributed by atoms with Crippen molar-refractivity contribution in [1.82, 2.24) is 9.55 Å². The predicted octanol–water partition coefficient (Wildman–Crippen LogP) is 4.50. The molecule has 0 aliphatic carbocycles. The van der Waals surface area contributed by atoms with Gasteiger partial charge < -0.3 is 19.9 Å². The van der Waals surface area contributed by atoms with E-state index < -0.39 is 23.3 Å². The number of carboxylic acid groups (broad SMARTS) is 2. The summed E-state index contributed by atoms with van der Waals surface area (Å²) in [5.41, 5.74) is 0. The van der Waals surface area contributed by atoms with Crippen molar-refractivity contribution in [3.05, 3.63) is 18.2 Å². The van der Waals surface area contributed by atoms with E-state index in [1.165, 1.54) is 51.4 Å². The molecule has 2 unspecified atom stereocenters. The van der Waals surface area contributed by atoms with Gasteiger partial charge in [0, 0.05) is 24.7 Å². The summed E-state index contributed by atoms with van der Waals surface area (Å²) >= 11 is 1.12. The summed E-state index contributed by atoms with van der Waals surface area (Å²) in [5, 5.41) is 27.3. The number of thioether (sulfide) groups is 1. The first-order valence-electron chi connectivity index (χ1n) is 10.7. The summed E-state index contributed by atoms with van der Waals surface area (Å²) in [7, 11) is 0. The molecule has 1 heterocycles. The molecule has 1 rings (SSSR count). The molecular weight excluding hydrogens is 392 g/mol. The van der Waals surface area contributed by atoms with Gasteiger partial charge in [0.2, 0.25) is 0 Å². The molecule has 3 N–H and O–H groups in total. The van der Waals surface area contributed by atoms with Crippen molar-refractivity contribution in [2.75, 3.05) is 5.75 Å². The summed E-state index contributed by atoms with van der Waals surface area (Å²) in [5.74, 6) is -1.57. The third kappa shape index (κ3) is 10.7. The number of nitrogens with zero attached hydrogens (tertiary/aromatic N) is 2. The largest absolute Gasteiger partial charge is 0.481 e. The Bertz CT molecular complexity index is 593. The topological polar surface area (TPSA) is 113 Å². The number of unbranched alkanes of at least 4 members (excludes halogenated alkanes) is 9. The van der Waals surface area contributed by atoms with Gasteiger partial charge in [-0.15, -0.1) is 11.8 Å². The molecule has 0 radical (unpaired) electrons. The molecule has 2 atom stereocenters. The number of imidazole rings is 1. The monoisotopic (exact) mass is 428 g/mol. The second-order valence-electron chi connectivity index (χ2n) is 7.38. The van der Waals surface area contributed by atoms with E-state index in [1.54, 1.807) is 12.4 Å². The maximum atomic E-state index is 11.3. The fourth-order valence-electron chi connectivity index (χ4n) is 3.25. The van der Waals surface area contributed by atoms with Crippen LogP contribution in [0.5, 0.6) is 0 Å². The van der Waals surface area contributed by atoms with Gasteiger partial charge in [-0.2, -0.15) is 0 Å². The zero-order valence-corrected chi connectivity index (χ0v) is 18.3. The molecule has 0 amide bonds. The fourth-order valence-corrected chi connectivity index (χ4v) is 4.44. The molecule has 166 valence electrons. The Labute approximate surface area is 177 Å². The van der Waals surface area contributed by atoms with Crippen molar-refractivity contribution >= 4 is 23.7 Å². The Hall–Kier alpha value is -1.54. The predicted molar refractivity (Wildman–Crippen MR) is 115 cm³/mol. The lowest BCUT2D eigenvalue weighted by Crippen LogP contribution is -2.28. The van der Waals surface area contributed by atoms with Crippen LogP contribution >= 0.6 is 11.8 Å². The lowest BCUT2D eigenvalue weighted by atomic mass is 10.1. The Morgan fingerprint density at radius 1 is 1.03 bits per heavy atom. The minimum Gasteiger partial charge on any atom is -0.481 e. The number of aliphatic hydroxyl groups excluding tert-OH is 1. The molecule has 0 aliphatic rings. The minimum absolute atomic E-state index is 0.0906. The van der Waals surface area contributed by atoms with Crippen molar-refractivity contribution in [2.45, 2.75) is 95.5 Å². The summed E-state index contributed by atoms with van der Waals surface area (Å²) in [4.78, 5) is 26.3. The zero-order valence-electron chi connectivity index (χ0n) is 17.5. The lowest BCUT2D eigenvalue weighted by Gasteiger charge is -2.20. The van der Waals surface area contributed by atoms with E-state index in [9.17, 15) is 19.8 Å². The second-order valence-corrected chi connectivity index (χ2v) is 8.63. The van der Waals surface area contributed by atoms with Crippen molar-refractivity contribution in [3.8, 4) is 0 Å². The van der Waals surface area contributed by atoms with Crippen molar-refractivity contribution < 1.29 is 24.9 Å². The first-order valence-corrected chi connectivity index (χ1v) is 11.8. The van der Waals surface area contributed by atoms with Crippen LogP contribution in [0.2, 0.25) is 0 Å². The number of hydrogen-bond acceptors (Lipinski definition) is 5. The Morgan fingerprint density at radius 2 is 1.62 bits per heavy atom. The lowest BCUT2D eigenvalue weighted by molar-refractivity contribution is -0.146. The quantitative estimate of drug-likeness (QED) is 0.295. The number of aromatic nitrogens is 2. The van der Waals surface area contributed by atoms with Crippen LogP contribution in [0.3, 0.4) is 0 Å². The van der Waals surface area contributed by atoms with Crippen LogP contribution in [0.4, 0.5) is 0 Å². The highest BCUT2D eigenvalue weighted by Gasteiger charge is 2.31. The van der Waals surface area contributed by atoms with E-state index in [0.717, 1.165) is 24.6 Å². The third-order valence-corrected chi connectivity index (χ3v) is 6.18. The smallest absolute Gasteiger partial charge is 0.334 e. The Morgan fingerprint density at radius 3 is 2.17 bits per heavy atom. The molecule has 1 aromatic rings. The van der Waals surface area contributed by atoms with Crippen LogP contribution in [-0.2, 0) is 16.1 Å². The number of aliphatic carboxylic acids is 2. The normalized spacial score (nSPS) is 13.3. The standard InChI is InChI=1S/C21H36N2O5S/c1-2-3-4-5-6-7-8-9-10-11-14-23-15-13-22-20(23)19(18(26)21(27)28)29-16-12-17(24)25/h13,15,18-19,26H,2-12,14,16H2,1H3,(H,24,25)(H,27,28). The molecule has 0 saturated carbocycles. The van der Waals surface area contributed by atoms with Crippen LogP contribution in [0.15, 0.2) is 12.4 Å². The van der Waals surface area contributed by atoms with Crippen LogP contribution < -0.4 is 0 Å².